The highest BCUT2D eigenvalue weighted by Gasteiger charge is 2.10. The number of nitrogens with zero attached hydrogens (tertiary/aromatic N) is 1. The monoisotopic (exact) mass is 265 g/mol. The zero-order valence-electron chi connectivity index (χ0n) is 11.5. The van der Waals surface area contributed by atoms with Gasteiger partial charge in [-0.25, -0.2) is 0 Å². The minimum absolute atomic E-state index is 0.0290. The largest absolute Gasteiger partial charge is 0.485 e. The maximum absolute atomic E-state index is 12.1. The van der Waals surface area contributed by atoms with Gasteiger partial charge < -0.3 is 4.74 Å². The fourth-order valence-corrected chi connectivity index (χ4v) is 2.01. The van der Waals surface area contributed by atoms with Gasteiger partial charge in [0.1, 0.15) is 5.75 Å². The molecule has 0 aliphatic rings. The highest BCUT2D eigenvalue weighted by molar-refractivity contribution is 5.98. The first-order valence-electron chi connectivity index (χ1n) is 6.33. The summed E-state index contributed by atoms with van der Waals surface area (Å²) in [5, 5.41) is 8.81. The average Bonchev–Trinajstić information content (AvgIpc) is 2.45. The van der Waals surface area contributed by atoms with E-state index in [9.17, 15) is 4.79 Å². The third kappa shape index (κ3) is 3.24. The molecule has 20 heavy (non-hydrogen) atoms. The molecule has 0 amide bonds. The molecule has 3 heteroatoms. The molecule has 0 saturated heterocycles. The Morgan fingerprint density at radius 3 is 2.70 bits per heavy atom. The number of nitriles is 1. The molecule has 0 fully saturated rings. The molecule has 2 rings (SSSR count). The molecule has 0 aromatic heterocycles. The van der Waals surface area contributed by atoms with Crippen LogP contribution in [0, 0.1) is 25.2 Å². The van der Waals surface area contributed by atoms with Gasteiger partial charge in [0.2, 0.25) is 0 Å². The highest BCUT2D eigenvalue weighted by atomic mass is 16.5. The molecule has 0 bridgehead atoms. The van der Waals surface area contributed by atoms with Crippen LogP contribution in [0.1, 0.15) is 27.0 Å². The van der Waals surface area contributed by atoms with E-state index in [0.717, 1.165) is 11.1 Å². The lowest BCUT2D eigenvalue weighted by atomic mass is 10.0. The third-order valence-electron chi connectivity index (χ3n) is 3.02. The number of carbonyl (C=O) groups is 1. The molecule has 0 spiro atoms. The van der Waals surface area contributed by atoms with E-state index in [4.69, 9.17) is 10.00 Å². The lowest BCUT2D eigenvalue weighted by molar-refractivity contribution is 0.0921. The summed E-state index contributed by atoms with van der Waals surface area (Å²) in [7, 11) is 0. The molecule has 0 radical (unpaired) electrons. The summed E-state index contributed by atoms with van der Waals surface area (Å²) in [6, 6.07) is 14.5. The number of carbonyl (C=O) groups excluding carboxylic acids is 1. The van der Waals surface area contributed by atoms with E-state index in [0.29, 0.717) is 16.9 Å². The van der Waals surface area contributed by atoms with Crippen molar-refractivity contribution >= 4 is 5.78 Å². The van der Waals surface area contributed by atoms with E-state index in [2.05, 4.69) is 0 Å². The minimum Gasteiger partial charge on any atom is -0.485 e. The average molecular weight is 265 g/mol. The number of hydrogen-bond donors (Lipinski definition) is 0. The molecule has 0 unspecified atom stereocenters. The zero-order chi connectivity index (χ0) is 14.5. The van der Waals surface area contributed by atoms with Crippen LogP contribution in [0.25, 0.3) is 0 Å². The van der Waals surface area contributed by atoms with Crippen molar-refractivity contribution in [2.75, 3.05) is 6.61 Å². The second-order valence-electron chi connectivity index (χ2n) is 4.67. The van der Waals surface area contributed by atoms with E-state index >= 15 is 0 Å². The van der Waals surface area contributed by atoms with Crippen LogP contribution in [0.2, 0.25) is 0 Å². The van der Waals surface area contributed by atoms with Gasteiger partial charge in [-0.1, -0.05) is 29.8 Å². The summed E-state index contributed by atoms with van der Waals surface area (Å²) in [6.45, 7) is 3.88. The second-order valence-corrected chi connectivity index (χ2v) is 4.67. The van der Waals surface area contributed by atoms with E-state index in [-0.39, 0.29) is 12.4 Å². The van der Waals surface area contributed by atoms with E-state index in [1.165, 1.54) is 0 Å². The summed E-state index contributed by atoms with van der Waals surface area (Å²) >= 11 is 0. The van der Waals surface area contributed by atoms with Gasteiger partial charge in [0.15, 0.2) is 12.4 Å². The van der Waals surface area contributed by atoms with Crippen molar-refractivity contribution in [3.05, 3.63) is 64.7 Å². The van der Waals surface area contributed by atoms with Crippen molar-refractivity contribution in [3.8, 4) is 11.8 Å². The lowest BCUT2D eigenvalue weighted by Gasteiger charge is -2.08. The predicted molar refractivity (Wildman–Crippen MR) is 76.9 cm³/mol. The van der Waals surface area contributed by atoms with E-state index < -0.39 is 0 Å². The molecular weight excluding hydrogens is 250 g/mol. The molecule has 0 aliphatic carbocycles. The SMILES string of the molecule is Cc1ccc(C(=O)COc2cccc(C#N)c2)c(C)c1. The van der Waals surface area contributed by atoms with Gasteiger partial charge in [0.25, 0.3) is 0 Å². The lowest BCUT2D eigenvalue weighted by Crippen LogP contribution is -2.13. The minimum atomic E-state index is -0.0649. The van der Waals surface area contributed by atoms with Crippen LogP contribution in [0.4, 0.5) is 0 Å². The van der Waals surface area contributed by atoms with Gasteiger partial charge >= 0.3 is 0 Å². The Morgan fingerprint density at radius 2 is 2.00 bits per heavy atom. The van der Waals surface area contributed by atoms with Crippen LogP contribution in [0.3, 0.4) is 0 Å². The topological polar surface area (TPSA) is 50.1 Å². The van der Waals surface area contributed by atoms with Crippen molar-refractivity contribution < 1.29 is 9.53 Å². The Labute approximate surface area is 118 Å². The Hall–Kier alpha value is -2.60. The van der Waals surface area contributed by atoms with Gasteiger partial charge in [-0.2, -0.15) is 5.26 Å². The number of Topliss-reactive ketones (excluding diaryl/α,β-unsaturated/α-hetero) is 1. The van der Waals surface area contributed by atoms with Gasteiger partial charge in [-0.05, 0) is 37.6 Å². The van der Waals surface area contributed by atoms with Crippen molar-refractivity contribution in [3.63, 3.8) is 0 Å². The molecule has 0 heterocycles. The van der Waals surface area contributed by atoms with Crippen molar-refractivity contribution in [1.82, 2.24) is 0 Å². The number of aryl methyl sites for hydroxylation is 2. The Bertz CT molecular complexity index is 684. The number of hydrogen-bond acceptors (Lipinski definition) is 3. The maximum Gasteiger partial charge on any atom is 0.200 e. The summed E-state index contributed by atoms with van der Waals surface area (Å²) in [5.74, 6) is 0.465. The van der Waals surface area contributed by atoms with Crippen LogP contribution in [-0.4, -0.2) is 12.4 Å². The fraction of sp³-hybridized carbons (Fsp3) is 0.176. The molecule has 0 aliphatic heterocycles. The van der Waals surface area contributed by atoms with E-state index in [1.54, 1.807) is 24.3 Å². The van der Waals surface area contributed by atoms with Crippen molar-refractivity contribution in [2.24, 2.45) is 0 Å². The smallest absolute Gasteiger partial charge is 0.200 e. The Kier molecular flexibility index (Phi) is 4.17. The summed E-state index contributed by atoms with van der Waals surface area (Å²) in [4.78, 5) is 12.1. The van der Waals surface area contributed by atoms with Gasteiger partial charge in [0, 0.05) is 5.56 Å². The standard InChI is InChI=1S/C17H15NO2/c1-12-6-7-16(13(2)8-12)17(19)11-20-15-5-3-4-14(9-15)10-18/h3-9H,11H2,1-2H3. The van der Waals surface area contributed by atoms with Crippen molar-refractivity contribution in [1.29, 1.82) is 5.26 Å². The molecule has 0 N–H and O–H groups in total. The Morgan fingerprint density at radius 1 is 1.20 bits per heavy atom. The first-order chi connectivity index (χ1) is 9.60. The Balaban J connectivity index is 2.07. The number of benzene rings is 2. The predicted octanol–water partition coefficient (Wildman–Crippen LogP) is 3.44. The fourth-order valence-electron chi connectivity index (χ4n) is 2.01. The van der Waals surface area contributed by atoms with Gasteiger partial charge in [-0.15, -0.1) is 0 Å². The van der Waals surface area contributed by atoms with Crippen LogP contribution in [0.15, 0.2) is 42.5 Å². The first kappa shape index (κ1) is 13.8. The third-order valence-corrected chi connectivity index (χ3v) is 3.02. The van der Waals surface area contributed by atoms with Crippen molar-refractivity contribution in [2.45, 2.75) is 13.8 Å². The zero-order valence-corrected chi connectivity index (χ0v) is 11.5. The second kappa shape index (κ2) is 6.03. The van der Waals surface area contributed by atoms with Crippen LogP contribution in [-0.2, 0) is 0 Å². The first-order valence-corrected chi connectivity index (χ1v) is 6.33. The summed E-state index contributed by atoms with van der Waals surface area (Å²) < 4.78 is 5.45. The van der Waals surface area contributed by atoms with Crippen LogP contribution < -0.4 is 4.74 Å². The maximum atomic E-state index is 12.1. The summed E-state index contributed by atoms with van der Waals surface area (Å²) in [6.07, 6.45) is 0. The number of ether oxygens (including phenoxy) is 1. The number of rotatable bonds is 4. The molecule has 2 aromatic carbocycles. The van der Waals surface area contributed by atoms with Crippen LogP contribution in [0.5, 0.6) is 5.75 Å². The number of ketones is 1. The molecule has 2 aromatic rings. The molecular formula is C17H15NO2. The quantitative estimate of drug-likeness (QED) is 0.796. The van der Waals surface area contributed by atoms with Gasteiger partial charge in [0.05, 0.1) is 11.6 Å². The van der Waals surface area contributed by atoms with E-state index in [1.807, 2.05) is 38.1 Å². The summed E-state index contributed by atoms with van der Waals surface area (Å²) in [5.41, 5.74) is 3.26. The highest BCUT2D eigenvalue weighted by Crippen LogP contribution is 2.15. The molecule has 0 saturated carbocycles. The van der Waals surface area contributed by atoms with Crippen LogP contribution >= 0.6 is 0 Å². The molecule has 0 atom stereocenters. The molecule has 100 valence electrons. The molecule has 3 nitrogen and oxygen atoms in total. The normalized spacial score (nSPS) is 9.85. The van der Waals surface area contributed by atoms with Gasteiger partial charge in [-0.3, -0.25) is 4.79 Å².